The third-order valence-electron chi connectivity index (χ3n) is 8.79. The molecule has 1 aliphatic heterocycles. The highest BCUT2D eigenvalue weighted by Crippen LogP contribution is 2.37. The van der Waals surface area contributed by atoms with Crippen LogP contribution in [0.4, 0.5) is 0 Å². The van der Waals surface area contributed by atoms with Crippen LogP contribution in [0, 0.1) is 5.92 Å². The van der Waals surface area contributed by atoms with Gasteiger partial charge in [-0.3, -0.25) is 4.79 Å². The fourth-order valence-corrected chi connectivity index (χ4v) is 11.0. The van der Waals surface area contributed by atoms with Crippen molar-refractivity contribution in [3.8, 4) is 0 Å². The van der Waals surface area contributed by atoms with Crippen molar-refractivity contribution in [2.75, 3.05) is 27.9 Å². The summed E-state index contributed by atoms with van der Waals surface area (Å²) < 4.78 is 30.5. The number of benzene rings is 2. The van der Waals surface area contributed by atoms with Gasteiger partial charge < -0.3 is 23.4 Å². The van der Waals surface area contributed by atoms with Gasteiger partial charge in [-0.1, -0.05) is 108 Å². The van der Waals surface area contributed by atoms with E-state index in [2.05, 4.69) is 88.4 Å². The van der Waals surface area contributed by atoms with Crippen molar-refractivity contribution in [3.63, 3.8) is 0 Å². The predicted octanol–water partition coefficient (Wildman–Crippen LogP) is 6.29. The quantitative estimate of drug-likeness (QED) is 0.114. The molecule has 1 heterocycles. The van der Waals surface area contributed by atoms with E-state index < -0.39 is 8.32 Å². The molecule has 0 saturated carbocycles. The molecule has 0 N–H and O–H groups in total. The largest absolute Gasteiger partial charge is 0.462 e. The number of cyclic esters (lactones) is 1. The van der Waals surface area contributed by atoms with Crippen molar-refractivity contribution in [2.45, 2.75) is 109 Å². The molecule has 0 radical (unpaired) electrons. The Hall–Kier alpha value is -2.03. The first-order chi connectivity index (χ1) is 20.2. The lowest BCUT2D eigenvalue weighted by Crippen LogP contribution is -2.67. The molecule has 0 spiro atoms. The molecule has 0 aromatic heterocycles. The van der Waals surface area contributed by atoms with Crippen molar-refractivity contribution in [1.82, 2.24) is 0 Å². The predicted molar refractivity (Wildman–Crippen MR) is 172 cm³/mol. The summed E-state index contributed by atoms with van der Waals surface area (Å²) in [5.74, 6) is -0.312. The fourth-order valence-electron chi connectivity index (χ4n) is 6.42. The molecule has 1 aliphatic rings. The number of carbonyl (C=O) groups is 1. The SMILES string of the molecule is CCCCC[C@H](C[C@H](C[C@@H]1C[C@H](C[C@H](CO[Si](c2ccccc2)(c2ccccc2)C(C)(C)C)OC)OC1=O)OC)OC. The van der Waals surface area contributed by atoms with E-state index in [4.69, 9.17) is 23.4 Å². The number of esters is 1. The van der Waals surface area contributed by atoms with E-state index in [1.54, 1.807) is 21.3 Å². The molecule has 6 nitrogen and oxygen atoms in total. The topological polar surface area (TPSA) is 63.2 Å². The normalized spacial score (nSPS) is 19.8. The number of hydrogen-bond donors (Lipinski definition) is 0. The number of unbranched alkanes of at least 4 members (excludes halogenated alkanes) is 2. The van der Waals surface area contributed by atoms with E-state index in [0.717, 1.165) is 19.3 Å². The van der Waals surface area contributed by atoms with E-state index in [0.29, 0.717) is 25.9 Å². The Labute approximate surface area is 255 Å². The summed E-state index contributed by atoms with van der Waals surface area (Å²) in [5, 5.41) is 2.35. The van der Waals surface area contributed by atoms with E-state index in [-0.39, 0.29) is 41.3 Å². The van der Waals surface area contributed by atoms with E-state index >= 15 is 0 Å². The summed E-state index contributed by atoms with van der Waals surface area (Å²) in [5.41, 5.74) is 0. The number of ether oxygens (including phenoxy) is 4. The first kappa shape index (κ1) is 34.5. The lowest BCUT2D eigenvalue weighted by molar-refractivity contribution is -0.146. The molecule has 42 heavy (non-hydrogen) atoms. The maximum Gasteiger partial charge on any atom is 0.309 e. The molecule has 1 fully saturated rings. The minimum absolute atomic E-state index is 0.0374. The molecule has 0 aliphatic carbocycles. The maximum atomic E-state index is 12.9. The van der Waals surface area contributed by atoms with Crippen LogP contribution in [0.3, 0.4) is 0 Å². The zero-order valence-electron chi connectivity index (χ0n) is 27.0. The Balaban J connectivity index is 1.67. The van der Waals surface area contributed by atoms with Crippen LogP contribution in [-0.2, 0) is 28.2 Å². The van der Waals surface area contributed by atoms with Gasteiger partial charge in [-0.25, -0.2) is 0 Å². The monoisotopic (exact) mass is 598 g/mol. The summed E-state index contributed by atoms with van der Waals surface area (Å²) in [4.78, 5) is 12.9. The first-order valence-electron chi connectivity index (χ1n) is 15.7. The van der Waals surface area contributed by atoms with Gasteiger partial charge in [0.2, 0.25) is 0 Å². The molecule has 0 unspecified atom stereocenters. The molecule has 1 saturated heterocycles. The number of hydrogen-bond acceptors (Lipinski definition) is 6. The second-order valence-electron chi connectivity index (χ2n) is 12.7. The molecule has 2 aromatic carbocycles. The van der Waals surface area contributed by atoms with E-state index in [1.165, 1.54) is 23.2 Å². The van der Waals surface area contributed by atoms with Crippen LogP contribution in [0.15, 0.2) is 60.7 Å². The highest BCUT2D eigenvalue weighted by Gasteiger charge is 2.50. The summed E-state index contributed by atoms with van der Waals surface area (Å²) in [6.07, 6.45) is 6.98. The molecule has 7 heteroatoms. The lowest BCUT2D eigenvalue weighted by atomic mass is 9.92. The van der Waals surface area contributed by atoms with E-state index in [9.17, 15) is 4.79 Å². The Morgan fingerprint density at radius 2 is 1.40 bits per heavy atom. The molecular weight excluding hydrogens is 544 g/mol. The van der Waals surface area contributed by atoms with Crippen LogP contribution in [0.1, 0.15) is 79.1 Å². The van der Waals surface area contributed by atoms with Gasteiger partial charge in [-0.15, -0.1) is 0 Å². The van der Waals surface area contributed by atoms with Gasteiger partial charge in [0.15, 0.2) is 0 Å². The van der Waals surface area contributed by atoms with Crippen molar-refractivity contribution in [2.24, 2.45) is 5.92 Å². The molecule has 5 atom stereocenters. The van der Waals surface area contributed by atoms with Crippen molar-refractivity contribution in [3.05, 3.63) is 60.7 Å². The van der Waals surface area contributed by atoms with Gasteiger partial charge in [-0.05, 0) is 41.1 Å². The average Bonchev–Trinajstić information content (AvgIpc) is 3.34. The molecule has 3 rings (SSSR count). The second-order valence-corrected chi connectivity index (χ2v) is 17.0. The summed E-state index contributed by atoms with van der Waals surface area (Å²) in [7, 11) is 2.53. The minimum atomic E-state index is -2.69. The number of methoxy groups -OCH3 is 3. The first-order valence-corrected chi connectivity index (χ1v) is 17.6. The highest BCUT2D eigenvalue weighted by molar-refractivity contribution is 6.99. The minimum Gasteiger partial charge on any atom is -0.462 e. The molecule has 2 aromatic rings. The van der Waals surface area contributed by atoms with Crippen molar-refractivity contribution >= 4 is 24.7 Å². The van der Waals surface area contributed by atoms with Gasteiger partial charge in [0.05, 0.1) is 30.8 Å². The number of carbonyl (C=O) groups excluding carboxylic acids is 1. The third kappa shape index (κ3) is 8.99. The van der Waals surface area contributed by atoms with Gasteiger partial charge in [0, 0.05) is 27.8 Å². The average molecular weight is 599 g/mol. The Bertz CT molecular complexity index is 1000. The van der Waals surface area contributed by atoms with Crippen LogP contribution >= 0.6 is 0 Å². The summed E-state index contributed by atoms with van der Waals surface area (Å²) in [6.45, 7) is 9.45. The van der Waals surface area contributed by atoms with Gasteiger partial charge in [-0.2, -0.15) is 0 Å². The van der Waals surface area contributed by atoms with Gasteiger partial charge in [0.1, 0.15) is 6.10 Å². The maximum absolute atomic E-state index is 12.9. The zero-order chi connectivity index (χ0) is 30.6. The fraction of sp³-hybridized carbons (Fsp3) is 0.629. The van der Waals surface area contributed by atoms with Crippen molar-refractivity contribution < 1.29 is 28.2 Å². The third-order valence-corrected chi connectivity index (χ3v) is 13.8. The summed E-state index contributed by atoms with van der Waals surface area (Å²) in [6, 6.07) is 21.2. The van der Waals surface area contributed by atoms with Crippen LogP contribution in [0.5, 0.6) is 0 Å². The van der Waals surface area contributed by atoms with Gasteiger partial charge in [0.25, 0.3) is 8.32 Å². The molecule has 234 valence electrons. The van der Waals surface area contributed by atoms with Crippen LogP contribution in [-0.4, -0.2) is 66.6 Å². The second kappa shape index (κ2) is 16.7. The van der Waals surface area contributed by atoms with Crippen LogP contribution < -0.4 is 10.4 Å². The van der Waals surface area contributed by atoms with Crippen LogP contribution in [0.2, 0.25) is 5.04 Å². The summed E-state index contributed by atoms with van der Waals surface area (Å²) >= 11 is 0. The Kier molecular flexibility index (Phi) is 13.7. The zero-order valence-corrected chi connectivity index (χ0v) is 28.0. The Morgan fingerprint density at radius 1 is 0.833 bits per heavy atom. The highest BCUT2D eigenvalue weighted by atomic mass is 28.4. The lowest BCUT2D eigenvalue weighted by Gasteiger charge is -2.43. The van der Waals surface area contributed by atoms with E-state index in [1.807, 2.05) is 0 Å². The smallest absolute Gasteiger partial charge is 0.309 e. The molecule has 0 amide bonds. The van der Waals surface area contributed by atoms with Crippen LogP contribution in [0.25, 0.3) is 0 Å². The standard InChI is InChI=1S/C35H54O6Si/c1-8-9-12-17-28(37-5)24-29(38-6)22-27-23-30(41-34(27)36)25-31(39-7)26-40-42(35(2,3)4,32-18-13-10-14-19-32)33-20-15-11-16-21-33/h10-11,13-16,18-21,27-31H,8-9,12,17,22-26H2,1-7H3/t27-,28-,29+,30-,31-/m1/s1. The molecular formula is C35H54O6Si. The number of rotatable bonds is 18. The van der Waals surface area contributed by atoms with Gasteiger partial charge >= 0.3 is 5.97 Å². The Morgan fingerprint density at radius 3 is 1.90 bits per heavy atom. The van der Waals surface area contributed by atoms with Crippen molar-refractivity contribution in [1.29, 1.82) is 0 Å². The molecule has 0 bridgehead atoms.